The lowest BCUT2D eigenvalue weighted by atomic mass is 9.87. The zero-order valence-electron chi connectivity index (χ0n) is 7.81. The van der Waals surface area contributed by atoms with E-state index >= 15 is 0 Å². The predicted molar refractivity (Wildman–Crippen MR) is 47.6 cm³/mol. The average molecular weight is 156 g/mol. The molecular formula is C10H20O. The van der Waals surface area contributed by atoms with Crippen LogP contribution in [0.3, 0.4) is 0 Å². The molecule has 66 valence electrons. The van der Waals surface area contributed by atoms with Crippen molar-refractivity contribution in [1.29, 1.82) is 0 Å². The minimum absolute atomic E-state index is 0.869. The molecule has 0 aliphatic carbocycles. The molecule has 1 heteroatoms. The Morgan fingerprint density at radius 1 is 1.09 bits per heavy atom. The molecule has 0 saturated carbocycles. The summed E-state index contributed by atoms with van der Waals surface area (Å²) in [5.41, 5.74) is 0. The Balaban J connectivity index is 2.26. The molecule has 1 fully saturated rings. The van der Waals surface area contributed by atoms with E-state index in [4.69, 9.17) is 4.74 Å². The summed E-state index contributed by atoms with van der Waals surface area (Å²) in [4.78, 5) is 0. The first-order valence-electron chi connectivity index (χ1n) is 4.88. The van der Waals surface area contributed by atoms with Crippen molar-refractivity contribution >= 4 is 0 Å². The van der Waals surface area contributed by atoms with Crippen LogP contribution in [0.1, 0.15) is 39.5 Å². The fourth-order valence-electron chi connectivity index (χ4n) is 1.81. The first-order chi connectivity index (χ1) is 5.30. The Morgan fingerprint density at radius 2 is 1.64 bits per heavy atom. The topological polar surface area (TPSA) is 9.23 Å². The minimum atomic E-state index is 0.869. The summed E-state index contributed by atoms with van der Waals surface area (Å²) in [6.07, 6.45) is 5.28. The van der Waals surface area contributed by atoms with Gasteiger partial charge in [-0.3, -0.25) is 0 Å². The standard InChI is InChI=1S/C10H20O/c1-9(2)10-5-3-7-11-8-4-6-10/h9-10H,3-8H2,1-2H3. The lowest BCUT2D eigenvalue weighted by Crippen LogP contribution is -2.14. The third kappa shape index (κ3) is 3.24. The van der Waals surface area contributed by atoms with Crippen LogP contribution in [-0.4, -0.2) is 13.2 Å². The monoisotopic (exact) mass is 156 g/mol. The second kappa shape index (κ2) is 4.76. The summed E-state index contributed by atoms with van der Waals surface area (Å²) in [5, 5.41) is 0. The van der Waals surface area contributed by atoms with Gasteiger partial charge in [-0.2, -0.15) is 0 Å². The summed E-state index contributed by atoms with van der Waals surface area (Å²) in [6, 6.07) is 0. The Bertz CT molecular complexity index is 91.0. The number of ether oxygens (including phenoxy) is 1. The van der Waals surface area contributed by atoms with E-state index in [9.17, 15) is 0 Å². The first kappa shape index (κ1) is 9.05. The second-order valence-electron chi connectivity index (χ2n) is 3.90. The molecule has 0 radical (unpaired) electrons. The number of rotatable bonds is 1. The molecular weight excluding hydrogens is 136 g/mol. The Hall–Kier alpha value is -0.0400. The largest absolute Gasteiger partial charge is 0.381 e. The molecule has 1 aliphatic heterocycles. The lowest BCUT2D eigenvalue weighted by molar-refractivity contribution is 0.0974. The molecule has 0 aromatic rings. The van der Waals surface area contributed by atoms with Gasteiger partial charge in [0.25, 0.3) is 0 Å². The fourth-order valence-corrected chi connectivity index (χ4v) is 1.81. The molecule has 0 aromatic heterocycles. The van der Waals surface area contributed by atoms with Crippen LogP contribution in [0.4, 0.5) is 0 Å². The molecule has 11 heavy (non-hydrogen) atoms. The first-order valence-corrected chi connectivity index (χ1v) is 4.88. The van der Waals surface area contributed by atoms with Crippen molar-refractivity contribution in [3.8, 4) is 0 Å². The van der Waals surface area contributed by atoms with Gasteiger partial charge >= 0.3 is 0 Å². The molecule has 1 nitrogen and oxygen atoms in total. The van der Waals surface area contributed by atoms with Crippen LogP contribution in [0.15, 0.2) is 0 Å². The van der Waals surface area contributed by atoms with E-state index in [1.807, 2.05) is 0 Å². The normalized spacial score (nSPS) is 23.2. The summed E-state index contributed by atoms with van der Waals surface area (Å²) in [7, 11) is 0. The van der Waals surface area contributed by atoms with Gasteiger partial charge in [0.2, 0.25) is 0 Å². The zero-order valence-corrected chi connectivity index (χ0v) is 7.81. The fraction of sp³-hybridized carbons (Fsp3) is 1.00. The summed E-state index contributed by atoms with van der Waals surface area (Å²) in [5.74, 6) is 1.83. The van der Waals surface area contributed by atoms with E-state index in [1.165, 1.54) is 25.7 Å². The van der Waals surface area contributed by atoms with Crippen LogP contribution >= 0.6 is 0 Å². The molecule has 0 atom stereocenters. The molecule has 1 saturated heterocycles. The molecule has 0 bridgehead atoms. The predicted octanol–water partition coefficient (Wildman–Crippen LogP) is 2.85. The Kier molecular flexibility index (Phi) is 3.92. The van der Waals surface area contributed by atoms with Gasteiger partial charge in [-0.15, -0.1) is 0 Å². The third-order valence-electron chi connectivity index (χ3n) is 2.67. The van der Waals surface area contributed by atoms with E-state index in [0.29, 0.717) is 0 Å². The summed E-state index contributed by atoms with van der Waals surface area (Å²) in [6.45, 7) is 6.66. The summed E-state index contributed by atoms with van der Waals surface area (Å²) >= 11 is 0. The molecule has 1 heterocycles. The number of hydrogen-bond donors (Lipinski definition) is 0. The quantitative estimate of drug-likeness (QED) is 0.567. The van der Waals surface area contributed by atoms with Crippen molar-refractivity contribution in [3.63, 3.8) is 0 Å². The van der Waals surface area contributed by atoms with E-state index < -0.39 is 0 Å². The summed E-state index contributed by atoms with van der Waals surface area (Å²) < 4.78 is 5.40. The van der Waals surface area contributed by atoms with Gasteiger partial charge in [0.15, 0.2) is 0 Å². The lowest BCUT2D eigenvalue weighted by Gasteiger charge is -2.22. The third-order valence-corrected chi connectivity index (χ3v) is 2.67. The molecule has 0 N–H and O–H groups in total. The maximum Gasteiger partial charge on any atom is 0.0466 e. The van der Waals surface area contributed by atoms with Gasteiger partial charge in [0, 0.05) is 13.2 Å². The highest BCUT2D eigenvalue weighted by Crippen LogP contribution is 2.23. The van der Waals surface area contributed by atoms with E-state index in [-0.39, 0.29) is 0 Å². The molecule has 0 amide bonds. The molecule has 0 aromatic carbocycles. The maximum atomic E-state index is 5.40. The maximum absolute atomic E-state index is 5.40. The van der Waals surface area contributed by atoms with Crippen LogP contribution in [0.2, 0.25) is 0 Å². The minimum Gasteiger partial charge on any atom is -0.381 e. The van der Waals surface area contributed by atoms with E-state index in [1.54, 1.807) is 0 Å². The molecule has 1 aliphatic rings. The van der Waals surface area contributed by atoms with Gasteiger partial charge in [0.05, 0.1) is 0 Å². The van der Waals surface area contributed by atoms with Crippen molar-refractivity contribution in [2.24, 2.45) is 11.8 Å². The Labute approximate surface area is 70.1 Å². The van der Waals surface area contributed by atoms with Crippen LogP contribution in [0, 0.1) is 11.8 Å². The van der Waals surface area contributed by atoms with E-state index in [2.05, 4.69) is 13.8 Å². The van der Waals surface area contributed by atoms with Crippen LogP contribution in [0.5, 0.6) is 0 Å². The van der Waals surface area contributed by atoms with Crippen LogP contribution in [-0.2, 0) is 4.74 Å². The average Bonchev–Trinajstić information content (AvgIpc) is 1.84. The molecule has 0 spiro atoms. The SMILES string of the molecule is CC(C)C1CCCOCCC1. The smallest absolute Gasteiger partial charge is 0.0466 e. The number of hydrogen-bond acceptors (Lipinski definition) is 1. The van der Waals surface area contributed by atoms with Gasteiger partial charge in [-0.1, -0.05) is 13.8 Å². The highest BCUT2D eigenvalue weighted by atomic mass is 16.5. The molecule has 1 rings (SSSR count). The van der Waals surface area contributed by atoms with Gasteiger partial charge in [-0.05, 0) is 37.5 Å². The highest BCUT2D eigenvalue weighted by molar-refractivity contribution is 4.64. The zero-order chi connectivity index (χ0) is 8.10. The van der Waals surface area contributed by atoms with Crippen molar-refractivity contribution in [1.82, 2.24) is 0 Å². The second-order valence-corrected chi connectivity index (χ2v) is 3.90. The van der Waals surface area contributed by atoms with Crippen LogP contribution in [0.25, 0.3) is 0 Å². The van der Waals surface area contributed by atoms with Crippen molar-refractivity contribution in [2.75, 3.05) is 13.2 Å². The van der Waals surface area contributed by atoms with Gasteiger partial charge in [0.1, 0.15) is 0 Å². The van der Waals surface area contributed by atoms with Crippen molar-refractivity contribution in [2.45, 2.75) is 39.5 Å². The van der Waals surface area contributed by atoms with E-state index in [0.717, 1.165) is 25.0 Å². The van der Waals surface area contributed by atoms with Crippen molar-refractivity contribution in [3.05, 3.63) is 0 Å². The Morgan fingerprint density at radius 3 is 2.09 bits per heavy atom. The highest BCUT2D eigenvalue weighted by Gasteiger charge is 2.14. The molecule has 0 unspecified atom stereocenters. The van der Waals surface area contributed by atoms with Gasteiger partial charge in [-0.25, -0.2) is 0 Å². The van der Waals surface area contributed by atoms with Crippen LogP contribution < -0.4 is 0 Å². The van der Waals surface area contributed by atoms with Crippen molar-refractivity contribution < 1.29 is 4.74 Å². The van der Waals surface area contributed by atoms with Gasteiger partial charge < -0.3 is 4.74 Å².